The van der Waals surface area contributed by atoms with Crippen molar-refractivity contribution in [1.29, 1.82) is 0 Å². The fraction of sp³-hybridized carbons (Fsp3) is 0.222. The van der Waals surface area contributed by atoms with E-state index in [0.29, 0.717) is 23.4 Å². The van der Waals surface area contributed by atoms with E-state index in [1.54, 1.807) is 48.5 Å². The minimum absolute atomic E-state index is 0.215. The van der Waals surface area contributed by atoms with Gasteiger partial charge in [-0.3, -0.25) is 4.79 Å². The molecular formula is C18H19NO3. The smallest absolute Gasteiger partial charge is 0.338 e. The highest BCUT2D eigenvalue weighted by Crippen LogP contribution is 2.13. The summed E-state index contributed by atoms with van der Waals surface area (Å²) in [6.45, 7) is 4.33. The van der Waals surface area contributed by atoms with E-state index >= 15 is 0 Å². The summed E-state index contributed by atoms with van der Waals surface area (Å²) in [6, 6.07) is 15.6. The number of carbonyl (C=O) groups excluding carboxylic acids is 2. The highest BCUT2D eigenvalue weighted by molar-refractivity contribution is 6.04. The molecule has 2 aromatic rings. The van der Waals surface area contributed by atoms with Gasteiger partial charge < -0.3 is 10.1 Å². The van der Waals surface area contributed by atoms with Crippen molar-refractivity contribution in [2.75, 3.05) is 11.9 Å². The molecule has 1 amide bonds. The van der Waals surface area contributed by atoms with Crippen LogP contribution in [0.3, 0.4) is 0 Å². The van der Waals surface area contributed by atoms with Crippen LogP contribution in [0.5, 0.6) is 0 Å². The lowest BCUT2D eigenvalue weighted by molar-refractivity contribution is 0.0459. The minimum Gasteiger partial charge on any atom is -0.462 e. The summed E-state index contributed by atoms with van der Waals surface area (Å²) >= 11 is 0. The molecule has 2 rings (SSSR count). The molecule has 0 saturated carbocycles. The van der Waals surface area contributed by atoms with Gasteiger partial charge >= 0.3 is 5.97 Å². The van der Waals surface area contributed by atoms with E-state index in [2.05, 4.69) is 5.32 Å². The van der Waals surface area contributed by atoms with Crippen LogP contribution in [0.4, 0.5) is 5.69 Å². The summed E-state index contributed by atoms with van der Waals surface area (Å²) in [7, 11) is 0. The van der Waals surface area contributed by atoms with Gasteiger partial charge in [-0.15, -0.1) is 0 Å². The third-order valence-corrected chi connectivity index (χ3v) is 2.94. The number of esters is 1. The zero-order chi connectivity index (χ0) is 15.9. The van der Waals surface area contributed by atoms with Gasteiger partial charge in [-0.25, -0.2) is 4.79 Å². The molecule has 0 aliphatic rings. The molecule has 4 heteroatoms. The fourth-order valence-corrected chi connectivity index (χ4v) is 1.84. The molecule has 0 aliphatic heterocycles. The van der Waals surface area contributed by atoms with Crippen LogP contribution in [-0.4, -0.2) is 18.5 Å². The van der Waals surface area contributed by atoms with E-state index in [0.717, 1.165) is 0 Å². The van der Waals surface area contributed by atoms with Gasteiger partial charge in [0.15, 0.2) is 0 Å². The molecule has 0 aliphatic carbocycles. The first-order chi connectivity index (χ1) is 10.6. The highest BCUT2D eigenvalue weighted by atomic mass is 16.5. The molecule has 0 unspecified atom stereocenters. The van der Waals surface area contributed by atoms with Crippen LogP contribution < -0.4 is 5.32 Å². The Kier molecular flexibility index (Phi) is 5.31. The first-order valence-corrected chi connectivity index (χ1v) is 7.20. The molecule has 2 aromatic carbocycles. The molecule has 0 radical (unpaired) electrons. The van der Waals surface area contributed by atoms with E-state index in [9.17, 15) is 9.59 Å². The number of benzene rings is 2. The summed E-state index contributed by atoms with van der Waals surface area (Å²) < 4.78 is 5.18. The zero-order valence-corrected chi connectivity index (χ0v) is 12.7. The first kappa shape index (κ1) is 15.8. The highest BCUT2D eigenvalue weighted by Gasteiger charge is 2.10. The molecule has 0 fully saturated rings. The summed E-state index contributed by atoms with van der Waals surface area (Å²) in [5.74, 6) is -0.317. The van der Waals surface area contributed by atoms with Gasteiger partial charge in [0.2, 0.25) is 0 Å². The van der Waals surface area contributed by atoms with Crippen LogP contribution in [0.25, 0.3) is 0 Å². The van der Waals surface area contributed by atoms with Crippen molar-refractivity contribution in [3.05, 3.63) is 65.7 Å². The molecule has 0 aromatic heterocycles. The Hall–Kier alpha value is -2.62. The van der Waals surface area contributed by atoms with Gasteiger partial charge in [-0.2, -0.15) is 0 Å². The van der Waals surface area contributed by atoms with Crippen molar-refractivity contribution in [3.8, 4) is 0 Å². The van der Waals surface area contributed by atoms with Crippen LogP contribution in [-0.2, 0) is 4.74 Å². The van der Waals surface area contributed by atoms with E-state index < -0.39 is 0 Å². The molecule has 0 atom stereocenters. The standard InChI is InChI=1S/C18H19NO3/c1-13(2)12-22-18(21)15-9-6-10-16(11-15)19-17(20)14-7-4-3-5-8-14/h3-11,13H,12H2,1-2H3,(H,19,20). The largest absolute Gasteiger partial charge is 0.462 e. The fourth-order valence-electron chi connectivity index (χ4n) is 1.84. The quantitative estimate of drug-likeness (QED) is 0.855. The molecule has 22 heavy (non-hydrogen) atoms. The third kappa shape index (κ3) is 4.45. The van der Waals surface area contributed by atoms with E-state index in [1.165, 1.54) is 0 Å². The van der Waals surface area contributed by atoms with Crippen molar-refractivity contribution in [2.45, 2.75) is 13.8 Å². The Bertz CT molecular complexity index is 650. The van der Waals surface area contributed by atoms with Crippen molar-refractivity contribution < 1.29 is 14.3 Å². The Morgan fingerprint density at radius 1 is 1.00 bits per heavy atom. The Morgan fingerprint density at radius 2 is 1.68 bits per heavy atom. The average Bonchev–Trinajstić information content (AvgIpc) is 2.53. The lowest BCUT2D eigenvalue weighted by Gasteiger charge is -2.09. The SMILES string of the molecule is CC(C)COC(=O)c1cccc(NC(=O)c2ccccc2)c1. The summed E-state index contributed by atoms with van der Waals surface area (Å²) in [6.07, 6.45) is 0. The topological polar surface area (TPSA) is 55.4 Å². The van der Waals surface area contributed by atoms with Gasteiger partial charge in [0.05, 0.1) is 12.2 Å². The minimum atomic E-state index is -0.385. The second kappa shape index (κ2) is 7.41. The lowest BCUT2D eigenvalue weighted by atomic mass is 10.1. The maximum absolute atomic E-state index is 12.1. The van der Waals surface area contributed by atoms with Gasteiger partial charge in [-0.1, -0.05) is 38.1 Å². The van der Waals surface area contributed by atoms with E-state index in [4.69, 9.17) is 4.74 Å². The third-order valence-electron chi connectivity index (χ3n) is 2.94. The number of rotatable bonds is 5. The normalized spacial score (nSPS) is 10.3. The molecule has 4 nitrogen and oxygen atoms in total. The number of hydrogen-bond donors (Lipinski definition) is 1. The molecular weight excluding hydrogens is 278 g/mol. The Morgan fingerprint density at radius 3 is 2.36 bits per heavy atom. The van der Waals surface area contributed by atoms with Gasteiger partial charge in [-0.05, 0) is 36.2 Å². The maximum Gasteiger partial charge on any atom is 0.338 e. The summed E-state index contributed by atoms with van der Waals surface area (Å²) in [4.78, 5) is 24.0. The number of hydrogen-bond acceptors (Lipinski definition) is 3. The van der Waals surface area contributed by atoms with Gasteiger partial charge in [0.1, 0.15) is 0 Å². The van der Waals surface area contributed by atoms with Crippen LogP contribution in [0, 0.1) is 5.92 Å². The molecule has 0 spiro atoms. The first-order valence-electron chi connectivity index (χ1n) is 7.20. The average molecular weight is 297 g/mol. The van der Waals surface area contributed by atoms with Crippen molar-refractivity contribution >= 4 is 17.6 Å². The van der Waals surface area contributed by atoms with Gasteiger partial charge in [0, 0.05) is 11.3 Å². The van der Waals surface area contributed by atoms with Crippen molar-refractivity contribution in [1.82, 2.24) is 0 Å². The summed E-state index contributed by atoms with van der Waals surface area (Å²) in [5, 5.41) is 2.77. The monoisotopic (exact) mass is 297 g/mol. The predicted octanol–water partition coefficient (Wildman–Crippen LogP) is 3.75. The number of carbonyl (C=O) groups is 2. The Labute approximate surface area is 130 Å². The zero-order valence-electron chi connectivity index (χ0n) is 12.7. The molecule has 114 valence electrons. The second-order valence-electron chi connectivity index (χ2n) is 5.39. The number of nitrogens with one attached hydrogen (secondary N) is 1. The number of ether oxygens (including phenoxy) is 1. The van der Waals surface area contributed by atoms with Crippen LogP contribution in [0.2, 0.25) is 0 Å². The lowest BCUT2D eigenvalue weighted by Crippen LogP contribution is -2.13. The molecule has 1 N–H and O–H groups in total. The van der Waals surface area contributed by atoms with Crippen LogP contribution in [0.15, 0.2) is 54.6 Å². The van der Waals surface area contributed by atoms with E-state index in [1.807, 2.05) is 19.9 Å². The van der Waals surface area contributed by atoms with Crippen molar-refractivity contribution in [2.24, 2.45) is 5.92 Å². The van der Waals surface area contributed by atoms with Crippen molar-refractivity contribution in [3.63, 3.8) is 0 Å². The number of amides is 1. The predicted molar refractivity (Wildman–Crippen MR) is 86.0 cm³/mol. The Balaban J connectivity index is 2.05. The van der Waals surface area contributed by atoms with Gasteiger partial charge in [0.25, 0.3) is 5.91 Å². The molecule has 0 bridgehead atoms. The summed E-state index contributed by atoms with van der Waals surface area (Å²) in [5.41, 5.74) is 1.55. The number of anilines is 1. The maximum atomic E-state index is 12.1. The molecule has 0 heterocycles. The second-order valence-corrected chi connectivity index (χ2v) is 5.39. The van der Waals surface area contributed by atoms with E-state index in [-0.39, 0.29) is 17.8 Å². The van der Waals surface area contributed by atoms with Crippen LogP contribution in [0.1, 0.15) is 34.6 Å². The molecule has 0 saturated heterocycles. The van der Waals surface area contributed by atoms with Crippen LogP contribution >= 0.6 is 0 Å².